The number of aliphatic hydroxyl groups is 1. The second kappa shape index (κ2) is 63.6. The molecule has 2 fully saturated rings. The molecule has 7 N–H and O–H groups in total. The van der Waals surface area contributed by atoms with E-state index in [1.165, 1.54) is 50.4 Å². The van der Waals surface area contributed by atoms with Crippen LogP contribution in [0.5, 0.6) is 0 Å². The zero-order valence-corrected chi connectivity index (χ0v) is 54.8. The molecule has 0 aromatic heterocycles. The highest BCUT2D eigenvalue weighted by Crippen LogP contribution is 2.29. The SMILES string of the molecule is C.C.C.C.C.C.C.C.C.CC1CN(C)[Si](C)(C)C1.CC1CN(C)[Si](C)(C)C1.CNCC(C)C[Si](C)(C)OC.CNCC(C)C[Si](C)(C)O[SiH2]C.CNCC(C)C[Si](C)(C)O[SiH2]C.CO.C[OH2+].C[SiH2]O. The van der Waals surface area contributed by atoms with E-state index in [1.54, 1.807) is 0 Å². The van der Waals surface area contributed by atoms with E-state index in [-0.39, 0.29) is 86.4 Å². The van der Waals surface area contributed by atoms with Crippen LogP contribution < -0.4 is 16.0 Å². The number of hydrogen-bond donors (Lipinski definition) is 5. The van der Waals surface area contributed by atoms with E-state index in [2.05, 4.69) is 152 Å². The maximum absolute atomic E-state index is 7.71. The van der Waals surface area contributed by atoms with Gasteiger partial charge in [-0.25, -0.2) is 0 Å². The second-order valence-electron chi connectivity index (χ2n) is 20.3. The third kappa shape index (κ3) is 71.4. The Morgan fingerprint density at radius 1 is 0.565 bits per heavy atom. The van der Waals surface area contributed by atoms with Gasteiger partial charge < -0.3 is 52.7 Å². The molecule has 0 aromatic carbocycles. The summed E-state index contributed by atoms with van der Waals surface area (Å²) in [5, 5.41) is 22.4. The third-order valence-electron chi connectivity index (χ3n) is 10.7. The van der Waals surface area contributed by atoms with Gasteiger partial charge in [0.05, 0.1) is 0 Å². The minimum atomic E-state index is -1.32. The molecule has 5 unspecified atom stereocenters. The number of rotatable bonds is 17. The molecule has 0 radical (unpaired) electrons. The summed E-state index contributed by atoms with van der Waals surface area (Å²) >= 11 is 0. The van der Waals surface area contributed by atoms with Gasteiger partial charge in [0.25, 0.3) is 0 Å². The summed E-state index contributed by atoms with van der Waals surface area (Å²) < 4.78 is 22.4. The molecule has 2 rings (SSSR count). The summed E-state index contributed by atoms with van der Waals surface area (Å²) in [4.78, 5) is 7.71. The van der Waals surface area contributed by atoms with E-state index in [1.807, 2.05) is 34.8 Å². The summed E-state index contributed by atoms with van der Waals surface area (Å²) in [6, 6.07) is 6.79. The van der Waals surface area contributed by atoms with E-state index in [0.717, 1.165) is 56.3 Å². The summed E-state index contributed by atoms with van der Waals surface area (Å²) in [7, 11) is 8.03. The van der Waals surface area contributed by atoms with Gasteiger partial charge in [-0.05, 0) is 167 Å². The van der Waals surface area contributed by atoms with Crippen LogP contribution in [0.2, 0.25) is 115 Å². The lowest BCUT2D eigenvalue weighted by molar-refractivity contribution is 0.392. The van der Waals surface area contributed by atoms with Crippen molar-refractivity contribution in [3.05, 3.63) is 0 Å². The van der Waals surface area contributed by atoms with Crippen molar-refractivity contribution in [1.29, 1.82) is 0 Å². The van der Waals surface area contributed by atoms with Crippen LogP contribution in [0.25, 0.3) is 0 Å². The molecule has 2 saturated heterocycles. The number of nitrogens with one attached hydrogen (secondary N) is 3. The van der Waals surface area contributed by atoms with Crippen molar-refractivity contribution >= 4 is 70.7 Å². The molecule has 19 heteroatoms. The fraction of sp³-hybridized carbons (Fsp3) is 1.00. The van der Waals surface area contributed by atoms with E-state index in [4.69, 9.17) is 27.7 Å². The van der Waals surface area contributed by atoms with Crippen LogP contribution in [0.1, 0.15) is 101 Å². The summed E-state index contributed by atoms with van der Waals surface area (Å²) in [6.45, 7) is 47.5. The molecule has 444 valence electrons. The molecule has 69 heavy (non-hydrogen) atoms. The zero-order chi connectivity index (χ0) is 49.0. The first-order valence-corrected chi connectivity index (χ1v) is 44.9. The van der Waals surface area contributed by atoms with E-state index in [0.29, 0.717) is 0 Å². The summed E-state index contributed by atoms with van der Waals surface area (Å²) in [5.41, 5.74) is 0. The van der Waals surface area contributed by atoms with Gasteiger partial charge in [-0.1, -0.05) is 147 Å². The normalized spacial score (nSPS) is 17.7. The third-order valence-corrected chi connectivity index (χ3v) is 33.3. The average molecular weight is 1140 g/mol. The van der Waals surface area contributed by atoms with Crippen LogP contribution >= 0.6 is 0 Å². The molecule has 2 aliphatic rings. The Bertz CT molecular complexity index is 870. The van der Waals surface area contributed by atoms with E-state index >= 15 is 0 Å². The topological polar surface area (TPSA) is 134 Å². The molecule has 0 saturated carbocycles. The van der Waals surface area contributed by atoms with Crippen LogP contribution in [0.4, 0.5) is 0 Å². The van der Waals surface area contributed by atoms with Crippen LogP contribution in [-0.2, 0) is 12.7 Å². The number of aliphatic hydroxyl groups excluding tert-OH is 1. The Labute approximate surface area is 456 Å². The minimum absolute atomic E-state index is 0. The Morgan fingerprint density at radius 3 is 0.884 bits per heavy atom. The molecular weight excluding hydrogens is 991 g/mol. The first-order valence-electron chi connectivity index (χ1n) is 23.3. The predicted octanol–water partition coefficient (Wildman–Crippen LogP) is 11.4. The largest absolute Gasteiger partial charge is 0.461 e. The van der Waals surface area contributed by atoms with Crippen LogP contribution in [0.15, 0.2) is 0 Å². The van der Waals surface area contributed by atoms with Crippen molar-refractivity contribution in [1.82, 2.24) is 25.1 Å². The van der Waals surface area contributed by atoms with Gasteiger partial charge in [-0.2, -0.15) is 0 Å². The highest BCUT2D eigenvalue weighted by Gasteiger charge is 2.36. The molecule has 0 amide bonds. The van der Waals surface area contributed by atoms with Crippen LogP contribution in [-0.4, -0.2) is 184 Å². The molecule has 0 aliphatic carbocycles. The maximum Gasteiger partial charge on any atom is 0.186 e. The molecule has 0 aromatic rings. The fourth-order valence-corrected chi connectivity index (χ4v) is 27.1. The molecule has 0 spiro atoms. The van der Waals surface area contributed by atoms with Crippen molar-refractivity contribution in [3.8, 4) is 0 Å². The lowest BCUT2D eigenvalue weighted by Gasteiger charge is -2.25. The predicted molar refractivity (Wildman–Crippen MR) is 357 cm³/mol. The highest BCUT2D eigenvalue weighted by molar-refractivity contribution is 6.76. The summed E-state index contributed by atoms with van der Waals surface area (Å²) in [5.74, 6) is 4.17. The Hall–Kier alpha value is 1.30. The fourth-order valence-electron chi connectivity index (χ4n) is 8.34. The van der Waals surface area contributed by atoms with Crippen LogP contribution in [0.3, 0.4) is 0 Å². The van der Waals surface area contributed by atoms with E-state index in [9.17, 15) is 0 Å². The summed E-state index contributed by atoms with van der Waals surface area (Å²) in [6.07, 6.45) is 0. The van der Waals surface area contributed by atoms with Crippen molar-refractivity contribution < 1.29 is 27.7 Å². The molecule has 11 nitrogen and oxygen atoms in total. The van der Waals surface area contributed by atoms with Gasteiger partial charge in [0.15, 0.2) is 34.7 Å². The molecule has 2 heterocycles. The van der Waals surface area contributed by atoms with Gasteiger partial charge in [-0.15, -0.1) is 0 Å². The van der Waals surface area contributed by atoms with Gasteiger partial charge in [-0.3, -0.25) is 0 Å². The van der Waals surface area contributed by atoms with Gasteiger partial charge in [0, 0.05) is 14.2 Å². The first kappa shape index (κ1) is 110. The van der Waals surface area contributed by atoms with Crippen molar-refractivity contribution in [2.24, 2.45) is 29.6 Å². The number of hydrogen-bond acceptors (Lipinski definition) is 10. The van der Waals surface area contributed by atoms with Crippen LogP contribution in [0, 0.1) is 29.6 Å². The standard InChI is InChI=1S/2C8H23NOSi2.C8H21NOSi.2C7H17NSi.CH6OSi.2CH4O.9CH4/c2*1-8(6-9-2)7-12(4,5)10-11-3;1-8(6-9-2)7-11(4,5)10-3;2*1-7-5-8(2)9(3,4)6-7;1-3-2;2*1-2;;;;;;;;;/h2*8-9H,6-7,11H2,1-5H3;8-9H,6-7H2,1-5H3;2*7H,5-6H2,1-4H3;2H,3H2,1H3;2*2H,1H3;9*1H4/p+1. The zero-order valence-electron chi connectivity index (χ0n) is 45.6. The molecule has 0 bridgehead atoms. The van der Waals surface area contributed by atoms with Crippen molar-refractivity contribution in [3.63, 3.8) is 0 Å². The molecule has 2 aliphatic heterocycles. The first-order chi connectivity index (χ1) is 27.5. The van der Waals surface area contributed by atoms with Gasteiger partial charge in [0.1, 0.15) is 43.1 Å². The Morgan fingerprint density at radius 2 is 0.768 bits per heavy atom. The monoisotopic (exact) mass is 1140 g/mol. The average Bonchev–Trinajstić information content (AvgIpc) is 3.49. The van der Waals surface area contributed by atoms with Gasteiger partial charge in [0.2, 0.25) is 0 Å². The maximum atomic E-state index is 7.71. The van der Waals surface area contributed by atoms with E-state index < -0.39 is 51.2 Å². The molecule has 5 atom stereocenters. The lowest BCUT2D eigenvalue weighted by Crippen LogP contribution is -2.39. The Kier molecular flexibility index (Phi) is 102. The highest BCUT2D eigenvalue weighted by atomic mass is 28.4. The number of nitrogens with zero attached hydrogens (tertiary/aromatic N) is 2. The smallest absolute Gasteiger partial charge is 0.186 e. The van der Waals surface area contributed by atoms with Gasteiger partial charge >= 0.3 is 0 Å². The minimum Gasteiger partial charge on any atom is -0.461 e. The lowest BCUT2D eigenvalue weighted by atomic mass is 10.2. The van der Waals surface area contributed by atoms with Crippen molar-refractivity contribution in [2.45, 2.75) is 217 Å². The second-order valence-corrected chi connectivity index (χ2v) is 46.2. The Balaban J connectivity index is -0.0000000382. The quantitative estimate of drug-likeness (QED) is 0.0708. The molecular formula is C50H152N5O6Si8+. The van der Waals surface area contributed by atoms with Crippen molar-refractivity contribution in [2.75, 3.05) is 89.3 Å².